The summed E-state index contributed by atoms with van der Waals surface area (Å²) in [6.45, 7) is 2.67. The van der Waals surface area contributed by atoms with Crippen molar-refractivity contribution in [3.8, 4) is 0 Å². The fourth-order valence-electron chi connectivity index (χ4n) is 4.90. The maximum Gasteiger partial charge on any atom is 0.322 e. The van der Waals surface area contributed by atoms with E-state index in [4.69, 9.17) is 4.74 Å². The highest BCUT2D eigenvalue weighted by Gasteiger charge is 2.53. The summed E-state index contributed by atoms with van der Waals surface area (Å²) in [4.78, 5) is 26.4. The molecule has 1 aromatic rings. The van der Waals surface area contributed by atoms with Gasteiger partial charge in [0.2, 0.25) is 0 Å². The minimum Gasteiger partial charge on any atom is -0.381 e. The van der Waals surface area contributed by atoms with Gasteiger partial charge < -0.3 is 10.1 Å². The Kier molecular flexibility index (Phi) is 4.49. The van der Waals surface area contributed by atoms with E-state index in [2.05, 4.69) is 46.8 Å². The molecule has 1 aromatic carbocycles. The second kappa shape index (κ2) is 6.67. The highest BCUT2D eigenvalue weighted by atomic mass is 16.5. The number of ether oxygens (including phenoxy) is 1. The molecule has 0 radical (unpaired) electrons. The number of carbonyl (C=O) groups is 2. The van der Waals surface area contributed by atoms with E-state index in [0.717, 1.165) is 39.0 Å². The molecule has 4 rings (SSSR count). The molecule has 2 heterocycles. The van der Waals surface area contributed by atoms with E-state index in [9.17, 15) is 9.59 Å². The van der Waals surface area contributed by atoms with Gasteiger partial charge in [0, 0.05) is 18.7 Å². The maximum absolute atomic E-state index is 12.3. The van der Waals surface area contributed by atoms with Crippen LogP contribution in [0.1, 0.15) is 37.7 Å². The number of carbonyl (C=O) groups excluding carboxylic acids is 2. The zero-order chi connectivity index (χ0) is 18.2. The van der Waals surface area contributed by atoms with Gasteiger partial charge in [-0.2, -0.15) is 0 Å². The van der Waals surface area contributed by atoms with Gasteiger partial charge in [-0.25, -0.2) is 4.79 Å². The van der Waals surface area contributed by atoms with Crippen molar-refractivity contribution in [1.29, 1.82) is 0 Å². The van der Waals surface area contributed by atoms with Crippen molar-refractivity contribution in [2.45, 2.75) is 43.2 Å². The molecule has 3 amide bonds. The van der Waals surface area contributed by atoms with Crippen molar-refractivity contribution >= 4 is 11.9 Å². The highest BCUT2D eigenvalue weighted by Crippen LogP contribution is 2.46. The third kappa shape index (κ3) is 2.91. The molecule has 0 bridgehead atoms. The Hall–Kier alpha value is -1.92. The normalized spacial score (nSPS) is 34.3. The fourth-order valence-corrected chi connectivity index (χ4v) is 4.90. The van der Waals surface area contributed by atoms with Crippen LogP contribution in [0.3, 0.4) is 0 Å². The Labute approximate surface area is 154 Å². The van der Waals surface area contributed by atoms with E-state index in [1.165, 1.54) is 5.56 Å². The Morgan fingerprint density at radius 2 is 1.88 bits per heavy atom. The predicted molar refractivity (Wildman–Crippen MR) is 97.5 cm³/mol. The molecule has 1 saturated carbocycles. The number of rotatable bonds is 4. The number of hydrogen-bond donors (Lipinski definition) is 2. The van der Waals surface area contributed by atoms with E-state index in [-0.39, 0.29) is 17.5 Å². The summed E-state index contributed by atoms with van der Waals surface area (Å²) in [7, 11) is 2.19. The molecule has 1 spiro atoms. The molecule has 26 heavy (non-hydrogen) atoms. The summed E-state index contributed by atoms with van der Waals surface area (Å²) in [5.74, 6) is 0.391. The van der Waals surface area contributed by atoms with Crippen LogP contribution >= 0.6 is 0 Å². The van der Waals surface area contributed by atoms with Crippen LogP contribution in [0.25, 0.3) is 0 Å². The lowest BCUT2D eigenvalue weighted by Gasteiger charge is -2.49. The smallest absolute Gasteiger partial charge is 0.322 e. The first-order valence-electron chi connectivity index (χ1n) is 9.52. The van der Waals surface area contributed by atoms with Gasteiger partial charge in [-0.15, -0.1) is 0 Å². The SMILES string of the molecule is CN(CC1CCOC1)[C@]1(c2ccccc2)CC[C@]2(CC1)NC(=O)NC2=O. The average Bonchev–Trinajstić information content (AvgIpc) is 3.25. The minimum atomic E-state index is -0.729. The van der Waals surface area contributed by atoms with Crippen LogP contribution in [0.5, 0.6) is 0 Å². The average molecular weight is 357 g/mol. The summed E-state index contributed by atoms with van der Waals surface area (Å²) < 4.78 is 5.56. The van der Waals surface area contributed by atoms with Gasteiger partial charge in [0.15, 0.2) is 0 Å². The van der Waals surface area contributed by atoms with Crippen LogP contribution in [0.15, 0.2) is 30.3 Å². The minimum absolute atomic E-state index is 0.108. The lowest BCUT2D eigenvalue weighted by Crippen LogP contribution is -2.57. The van der Waals surface area contributed by atoms with Gasteiger partial charge in [-0.05, 0) is 50.6 Å². The fraction of sp³-hybridized carbons (Fsp3) is 0.600. The van der Waals surface area contributed by atoms with Crippen molar-refractivity contribution in [3.63, 3.8) is 0 Å². The van der Waals surface area contributed by atoms with Crippen LogP contribution < -0.4 is 10.6 Å². The summed E-state index contributed by atoms with van der Waals surface area (Å²) in [5.41, 5.74) is 0.455. The molecule has 1 aliphatic carbocycles. The molecule has 6 heteroatoms. The molecule has 2 aliphatic heterocycles. The quantitative estimate of drug-likeness (QED) is 0.809. The third-order valence-corrected chi connectivity index (χ3v) is 6.54. The zero-order valence-electron chi connectivity index (χ0n) is 15.3. The van der Waals surface area contributed by atoms with E-state index >= 15 is 0 Å². The Morgan fingerprint density at radius 1 is 1.15 bits per heavy atom. The van der Waals surface area contributed by atoms with Crippen LogP contribution in [-0.4, -0.2) is 49.2 Å². The number of nitrogens with zero attached hydrogens (tertiary/aromatic N) is 1. The van der Waals surface area contributed by atoms with Crippen LogP contribution in [0.2, 0.25) is 0 Å². The zero-order valence-corrected chi connectivity index (χ0v) is 15.3. The summed E-state index contributed by atoms with van der Waals surface area (Å²) in [6, 6.07) is 10.2. The summed E-state index contributed by atoms with van der Waals surface area (Å²) in [5, 5.41) is 5.30. The van der Waals surface area contributed by atoms with Crippen molar-refractivity contribution in [2.24, 2.45) is 5.92 Å². The van der Waals surface area contributed by atoms with Gasteiger partial charge in [-0.3, -0.25) is 15.0 Å². The monoisotopic (exact) mass is 357 g/mol. The van der Waals surface area contributed by atoms with E-state index < -0.39 is 5.54 Å². The topological polar surface area (TPSA) is 70.7 Å². The number of benzene rings is 1. The van der Waals surface area contributed by atoms with Crippen molar-refractivity contribution < 1.29 is 14.3 Å². The van der Waals surface area contributed by atoms with Gasteiger partial charge in [-0.1, -0.05) is 30.3 Å². The second-order valence-corrected chi connectivity index (χ2v) is 8.00. The molecular formula is C20H27N3O3. The van der Waals surface area contributed by atoms with E-state index in [1.54, 1.807) is 0 Å². The second-order valence-electron chi connectivity index (χ2n) is 8.00. The third-order valence-electron chi connectivity index (χ3n) is 6.54. The molecular weight excluding hydrogens is 330 g/mol. The maximum atomic E-state index is 12.3. The van der Waals surface area contributed by atoms with Gasteiger partial charge in [0.1, 0.15) is 5.54 Å². The van der Waals surface area contributed by atoms with Gasteiger partial charge in [0.25, 0.3) is 5.91 Å². The largest absolute Gasteiger partial charge is 0.381 e. The highest BCUT2D eigenvalue weighted by molar-refractivity contribution is 6.07. The first-order valence-corrected chi connectivity index (χ1v) is 9.52. The number of nitrogens with one attached hydrogen (secondary N) is 2. The van der Waals surface area contributed by atoms with Gasteiger partial charge in [0.05, 0.1) is 6.61 Å². The predicted octanol–water partition coefficient (Wildman–Crippen LogP) is 2.00. The summed E-state index contributed by atoms with van der Waals surface area (Å²) in [6.07, 6.45) is 4.11. The van der Waals surface area contributed by atoms with Crippen molar-refractivity contribution in [2.75, 3.05) is 26.8 Å². The lowest BCUT2D eigenvalue weighted by atomic mass is 9.68. The van der Waals surface area contributed by atoms with Crippen LogP contribution in [-0.2, 0) is 15.1 Å². The molecule has 6 nitrogen and oxygen atoms in total. The molecule has 1 unspecified atom stereocenters. The number of urea groups is 1. The first-order chi connectivity index (χ1) is 12.5. The lowest BCUT2D eigenvalue weighted by molar-refractivity contribution is -0.126. The molecule has 2 N–H and O–H groups in total. The summed E-state index contributed by atoms with van der Waals surface area (Å²) >= 11 is 0. The van der Waals surface area contributed by atoms with Crippen LogP contribution in [0.4, 0.5) is 4.79 Å². The first kappa shape index (κ1) is 17.5. The van der Waals surface area contributed by atoms with Crippen molar-refractivity contribution in [1.82, 2.24) is 15.5 Å². The number of hydrogen-bond acceptors (Lipinski definition) is 4. The molecule has 3 fully saturated rings. The van der Waals surface area contributed by atoms with Gasteiger partial charge >= 0.3 is 6.03 Å². The standard InChI is InChI=1S/C20H27N3O3/c1-23(13-15-7-12-26-14-15)20(16-5-3-2-4-6-16)10-8-19(9-11-20)17(24)21-18(25)22-19/h2-6,15H,7-14H2,1H3,(H2,21,22,24,25)/t15?,19-,20-. The van der Waals surface area contributed by atoms with E-state index in [0.29, 0.717) is 18.8 Å². The Bertz CT molecular complexity index is 677. The van der Waals surface area contributed by atoms with Crippen molar-refractivity contribution in [3.05, 3.63) is 35.9 Å². The molecule has 1 atom stereocenters. The Balaban J connectivity index is 1.59. The molecule has 2 saturated heterocycles. The van der Waals surface area contributed by atoms with Crippen LogP contribution in [0, 0.1) is 5.92 Å². The number of imide groups is 1. The molecule has 3 aliphatic rings. The van der Waals surface area contributed by atoms with E-state index in [1.807, 2.05) is 6.07 Å². The molecule has 140 valence electrons. The number of amides is 3. The molecule has 0 aromatic heterocycles. The Morgan fingerprint density at radius 3 is 2.46 bits per heavy atom.